The van der Waals surface area contributed by atoms with E-state index in [1.165, 1.54) is 6.33 Å². The van der Waals surface area contributed by atoms with Gasteiger partial charge in [0.15, 0.2) is 0 Å². The van der Waals surface area contributed by atoms with E-state index >= 15 is 0 Å². The Hall–Kier alpha value is -2.12. The maximum Gasteiger partial charge on any atom is 0.239 e. The molecule has 0 amide bonds. The number of nitrogens with two attached hydrogens (primary N) is 2. The second kappa shape index (κ2) is 4.04. The summed E-state index contributed by atoms with van der Waals surface area (Å²) in [5, 5.41) is 12.0. The Labute approximate surface area is 73.8 Å². The molecule has 0 saturated carbocycles. The van der Waals surface area contributed by atoms with Gasteiger partial charge in [0.05, 0.1) is 0 Å². The van der Waals surface area contributed by atoms with Crippen LogP contribution < -0.4 is 11.5 Å². The van der Waals surface area contributed by atoms with Gasteiger partial charge in [-0.1, -0.05) is 0 Å². The molecular formula is C5H10N8. The predicted molar refractivity (Wildman–Crippen MR) is 46.3 cm³/mol. The normalized spacial score (nSPS) is 9.00. The zero-order valence-electron chi connectivity index (χ0n) is 7.02. The molecule has 0 aliphatic carbocycles. The van der Waals surface area contributed by atoms with Gasteiger partial charge in [-0.05, 0) is 6.92 Å². The summed E-state index contributed by atoms with van der Waals surface area (Å²) >= 11 is 0. The standard InChI is InChI=1S/C3H6N4.C2H4N4/c1-2-5-3(4)7-6-2;3-2-4-1-5-6-2/h1H3,(H3,4,5,6,7);1H,(H3,3,4,5,6). The number of aryl methyl sites for hydroxylation is 1. The Morgan fingerprint density at radius 2 is 2.08 bits per heavy atom. The van der Waals surface area contributed by atoms with Gasteiger partial charge < -0.3 is 11.5 Å². The first-order chi connectivity index (χ1) is 6.18. The van der Waals surface area contributed by atoms with Crippen LogP contribution in [0.1, 0.15) is 5.82 Å². The molecule has 0 unspecified atom stereocenters. The quantitative estimate of drug-likeness (QED) is 0.416. The van der Waals surface area contributed by atoms with Crippen molar-refractivity contribution in [3.05, 3.63) is 12.2 Å². The molecule has 70 valence electrons. The van der Waals surface area contributed by atoms with Crippen molar-refractivity contribution in [2.45, 2.75) is 6.92 Å². The average Bonchev–Trinajstić information content (AvgIpc) is 2.64. The van der Waals surface area contributed by atoms with Crippen molar-refractivity contribution in [2.24, 2.45) is 0 Å². The molecule has 0 atom stereocenters. The lowest BCUT2D eigenvalue weighted by molar-refractivity contribution is 1.04. The van der Waals surface area contributed by atoms with Crippen molar-refractivity contribution in [1.82, 2.24) is 30.4 Å². The molecule has 6 N–H and O–H groups in total. The highest BCUT2D eigenvalue weighted by atomic mass is 15.3. The van der Waals surface area contributed by atoms with Crippen LogP contribution in [0.2, 0.25) is 0 Å². The van der Waals surface area contributed by atoms with Crippen LogP contribution in [-0.4, -0.2) is 30.4 Å². The maximum absolute atomic E-state index is 5.13. The van der Waals surface area contributed by atoms with E-state index in [1.54, 1.807) is 6.92 Å². The van der Waals surface area contributed by atoms with Gasteiger partial charge in [0, 0.05) is 0 Å². The molecule has 0 fully saturated rings. The SMILES string of the molecule is Cc1nc(N)n[nH]1.Nc1ncn[nH]1. The topological polar surface area (TPSA) is 135 Å². The van der Waals surface area contributed by atoms with Crippen molar-refractivity contribution in [1.29, 1.82) is 0 Å². The summed E-state index contributed by atoms with van der Waals surface area (Å²) in [5.41, 5.74) is 10.2. The van der Waals surface area contributed by atoms with E-state index in [4.69, 9.17) is 11.5 Å². The van der Waals surface area contributed by atoms with Gasteiger partial charge in [0.2, 0.25) is 11.9 Å². The summed E-state index contributed by atoms with van der Waals surface area (Å²) in [6, 6.07) is 0. The molecule has 2 aromatic heterocycles. The number of nitrogen functional groups attached to an aromatic ring is 2. The number of aromatic nitrogens is 6. The summed E-state index contributed by atoms with van der Waals surface area (Å²) in [6.07, 6.45) is 1.36. The molecule has 0 radical (unpaired) electrons. The molecule has 0 aliphatic heterocycles. The lowest BCUT2D eigenvalue weighted by atomic mass is 10.8. The number of hydrogen-bond acceptors (Lipinski definition) is 6. The van der Waals surface area contributed by atoms with Crippen LogP contribution in [-0.2, 0) is 0 Å². The molecule has 0 bridgehead atoms. The fraction of sp³-hybridized carbons (Fsp3) is 0.200. The Morgan fingerprint density at radius 1 is 1.31 bits per heavy atom. The fourth-order valence-electron chi connectivity index (χ4n) is 0.575. The molecule has 2 aromatic rings. The molecule has 0 aromatic carbocycles. The van der Waals surface area contributed by atoms with Crippen molar-refractivity contribution in [3.8, 4) is 0 Å². The second-order valence-corrected chi connectivity index (χ2v) is 2.15. The van der Waals surface area contributed by atoms with Gasteiger partial charge in [-0.2, -0.15) is 10.1 Å². The fourth-order valence-corrected chi connectivity index (χ4v) is 0.575. The van der Waals surface area contributed by atoms with Crippen LogP contribution in [0.4, 0.5) is 11.9 Å². The third kappa shape index (κ3) is 3.18. The van der Waals surface area contributed by atoms with Crippen LogP contribution >= 0.6 is 0 Å². The second-order valence-electron chi connectivity index (χ2n) is 2.15. The van der Waals surface area contributed by atoms with Gasteiger partial charge >= 0.3 is 0 Å². The first kappa shape index (κ1) is 8.97. The molecule has 13 heavy (non-hydrogen) atoms. The third-order valence-electron chi connectivity index (χ3n) is 1.05. The van der Waals surface area contributed by atoms with Crippen molar-refractivity contribution < 1.29 is 0 Å². The summed E-state index contributed by atoms with van der Waals surface area (Å²) in [6.45, 7) is 1.80. The first-order valence-electron chi connectivity index (χ1n) is 3.44. The van der Waals surface area contributed by atoms with Crippen LogP contribution in [0.15, 0.2) is 6.33 Å². The third-order valence-corrected chi connectivity index (χ3v) is 1.05. The number of hydrogen-bond donors (Lipinski definition) is 4. The van der Waals surface area contributed by atoms with Crippen LogP contribution in [0.5, 0.6) is 0 Å². The highest BCUT2D eigenvalue weighted by Crippen LogP contribution is 1.86. The van der Waals surface area contributed by atoms with Gasteiger partial charge in [-0.25, -0.2) is 10.1 Å². The highest BCUT2D eigenvalue weighted by Gasteiger charge is 1.86. The van der Waals surface area contributed by atoms with Crippen molar-refractivity contribution in [3.63, 3.8) is 0 Å². The van der Waals surface area contributed by atoms with Crippen LogP contribution in [0.25, 0.3) is 0 Å². The van der Waals surface area contributed by atoms with Crippen LogP contribution in [0.3, 0.4) is 0 Å². The van der Waals surface area contributed by atoms with E-state index < -0.39 is 0 Å². The molecule has 2 rings (SSSR count). The first-order valence-corrected chi connectivity index (χ1v) is 3.44. The Balaban J connectivity index is 0.000000132. The van der Waals surface area contributed by atoms with Crippen molar-refractivity contribution in [2.75, 3.05) is 11.5 Å². The number of H-pyrrole nitrogens is 2. The number of nitrogens with one attached hydrogen (secondary N) is 2. The van der Waals surface area contributed by atoms with Crippen molar-refractivity contribution >= 4 is 11.9 Å². The zero-order valence-corrected chi connectivity index (χ0v) is 7.02. The van der Waals surface area contributed by atoms with E-state index in [0.29, 0.717) is 11.9 Å². The van der Waals surface area contributed by atoms with E-state index in [-0.39, 0.29) is 0 Å². The molecule has 0 saturated heterocycles. The summed E-state index contributed by atoms with van der Waals surface area (Å²) in [5.74, 6) is 1.41. The molecule has 0 spiro atoms. The smallest absolute Gasteiger partial charge is 0.239 e. The summed E-state index contributed by atoms with van der Waals surface area (Å²) in [7, 11) is 0. The average molecular weight is 182 g/mol. The number of rotatable bonds is 0. The minimum atomic E-state index is 0.303. The Bertz CT molecular complexity index is 319. The monoisotopic (exact) mass is 182 g/mol. The van der Waals surface area contributed by atoms with E-state index in [9.17, 15) is 0 Å². The molecular weight excluding hydrogens is 172 g/mol. The number of nitrogens with zero attached hydrogens (tertiary/aromatic N) is 4. The Kier molecular flexibility index (Phi) is 2.79. The Morgan fingerprint density at radius 3 is 2.23 bits per heavy atom. The van der Waals surface area contributed by atoms with E-state index in [2.05, 4.69) is 30.4 Å². The number of aromatic amines is 2. The van der Waals surface area contributed by atoms with Gasteiger partial charge in [-0.15, -0.1) is 5.10 Å². The molecule has 8 heteroatoms. The maximum atomic E-state index is 5.13. The van der Waals surface area contributed by atoms with Gasteiger partial charge in [0.1, 0.15) is 12.2 Å². The lowest BCUT2D eigenvalue weighted by Gasteiger charge is -1.68. The lowest BCUT2D eigenvalue weighted by Crippen LogP contribution is -1.84. The minimum Gasteiger partial charge on any atom is -0.368 e. The highest BCUT2D eigenvalue weighted by molar-refractivity contribution is 5.11. The predicted octanol–water partition coefficient (Wildman–Crippen LogP) is -0.918. The number of anilines is 2. The van der Waals surface area contributed by atoms with E-state index in [1.807, 2.05) is 0 Å². The van der Waals surface area contributed by atoms with Gasteiger partial charge in [0.25, 0.3) is 0 Å². The van der Waals surface area contributed by atoms with Gasteiger partial charge in [-0.3, -0.25) is 5.10 Å². The minimum absolute atomic E-state index is 0.303. The van der Waals surface area contributed by atoms with E-state index in [0.717, 1.165) is 5.82 Å². The molecule has 2 heterocycles. The molecule has 8 nitrogen and oxygen atoms in total. The largest absolute Gasteiger partial charge is 0.368 e. The zero-order chi connectivity index (χ0) is 9.68. The molecule has 0 aliphatic rings. The van der Waals surface area contributed by atoms with Crippen LogP contribution in [0, 0.1) is 6.92 Å². The summed E-state index contributed by atoms with van der Waals surface area (Å²) in [4.78, 5) is 7.25. The summed E-state index contributed by atoms with van der Waals surface area (Å²) < 4.78 is 0.